The van der Waals surface area contributed by atoms with Crippen LogP contribution < -0.4 is 0 Å². The van der Waals surface area contributed by atoms with Gasteiger partial charge < -0.3 is 5.11 Å². The summed E-state index contributed by atoms with van der Waals surface area (Å²) in [5.41, 5.74) is 1.11. The summed E-state index contributed by atoms with van der Waals surface area (Å²) in [4.78, 5) is 18.1. The van der Waals surface area contributed by atoms with Crippen LogP contribution in [0, 0.1) is 10.1 Å². The molecule has 0 fully saturated rings. The molecule has 3 aromatic rings. The van der Waals surface area contributed by atoms with Gasteiger partial charge in [0.2, 0.25) is 5.88 Å². The first-order valence-electron chi connectivity index (χ1n) is 5.96. The summed E-state index contributed by atoms with van der Waals surface area (Å²) in [5.74, 6) is 0.123. The minimum absolute atomic E-state index is 0.00574. The maximum absolute atomic E-state index is 10.6. The molecule has 0 spiro atoms. The van der Waals surface area contributed by atoms with E-state index in [1.165, 1.54) is 35.3 Å². The topological polar surface area (TPSA) is 107 Å². The molecule has 0 aliphatic rings. The second-order valence-electron chi connectivity index (χ2n) is 4.15. The zero-order valence-corrected chi connectivity index (χ0v) is 10.6. The van der Waals surface area contributed by atoms with Gasteiger partial charge in [0.1, 0.15) is 0 Å². The molecule has 0 amide bonds. The molecule has 0 aliphatic carbocycles. The Bertz CT molecular complexity index is 783. The Kier molecular flexibility index (Phi) is 3.03. The van der Waals surface area contributed by atoms with Crippen molar-refractivity contribution in [1.29, 1.82) is 0 Å². The molecule has 1 aromatic carbocycles. The minimum atomic E-state index is -0.475. The summed E-state index contributed by atoms with van der Waals surface area (Å²) >= 11 is 0. The molecule has 0 unspecified atom stereocenters. The van der Waals surface area contributed by atoms with Crippen molar-refractivity contribution in [2.24, 2.45) is 0 Å². The SMILES string of the molecule is O=[N+]([O-])c1ccc(-c2cc(O)n(-c3ncccn3)n2)cc1. The van der Waals surface area contributed by atoms with Crippen molar-refractivity contribution in [3.8, 4) is 23.1 Å². The minimum Gasteiger partial charge on any atom is -0.493 e. The third kappa shape index (κ3) is 2.41. The van der Waals surface area contributed by atoms with Gasteiger partial charge in [-0.15, -0.1) is 0 Å². The maximum atomic E-state index is 10.6. The molecule has 0 saturated heterocycles. The van der Waals surface area contributed by atoms with Crippen LogP contribution in [0.1, 0.15) is 0 Å². The molecule has 8 nitrogen and oxygen atoms in total. The highest BCUT2D eigenvalue weighted by Gasteiger charge is 2.13. The Morgan fingerprint density at radius 3 is 2.43 bits per heavy atom. The smallest absolute Gasteiger partial charge is 0.269 e. The predicted molar refractivity (Wildman–Crippen MR) is 72.9 cm³/mol. The zero-order chi connectivity index (χ0) is 14.8. The molecule has 21 heavy (non-hydrogen) atoms. The van der Waals surface area contributed by atoms with Gasteiger partial charge in [-0.25, -0.2) is 9.97 Å². The van der Waals surface area contributed by atoms with E-state index in [-0.39, 0.29) is 17.5 Å². The largest absolute Gasteiger partial charge is 0.493 e. The number of hydrogen-bond acceptors (Lipinski definition) is 6. The molecule has 2 heterocycles. The molecule has 0 saturated carbocycles. The molecule has 8 heteroatoms. The van der Waals surface area contributed by atoms with E-state index >= 15 is 0 Å². The molecule has 0 aliphatic heterocycles. The lowest BCUT2D eigenvalue weighted by Crippen LogP contribution is -2.01. The van der Waals surface area contributed by atoms with E-state index in [0.717, 1.165) is 0 Å². The summed E-state index contributed by atoms with van der Waals surface area (Å²) in [6.07, 6.45) is 3.07. The van der Waals surface area contributed by atoms with Crippen LogP contribution in [0.15, 0.2) is 48.8 Å². The highest BCUT2D eigenvalue weighted by Crippen LogP contribution is 2.25. The number of rotatable bonds is 3. The van der Waals surface area contributed by atoms with Crippen molar-refractivity contribution >= 4 is 5.69 Å². The fourth-order valence-electron chi connectivity index (χ4n) is 1.81. The second kappa shape index (κ2) is 5.00. The summed E-state index contributed by atoms with van der Waals surface area (Å²) in [6, 6.07) is 8.99. The fourth-order valence-corrected chi connectivity index (χ4v) is 1.81. The van der Waals surface area contributed by atoms with Crippen LogP contribution in [-0.4, -0.2) is 29.8 Å². The second-order valence-corrected chi connectivity index (χ2v) is 4.15. The number of nitro groups is 1. The van der Waals surface area contributed by atoms with E-state index in [1.54, 1.807) is 18.2 Å². The summed E-state index contributed by atoms with van der Waals surface area (Å²) in [7, 11) is 0. The molecule has 104 valence electrons. The van der Waals surface area contributed by atoms with E-state index in [1.807, 2.05) is 0 Å². The molecule has 0 bridgehead atoms. The first-order chi connectivity index (χ1) is 10.1. The van der Waals surface area contributed by atoms with Gasteiger partial charge in [-0.2, -0.15) is 9.78 Å². The van der Waals surface area contributed by atoms with Crippen molar-refractivity contribution in [3.63, 3.8) is 0 Å². The average Bonchev–Trinajstić information content (AvgIpc) is 2.90. The van der Waals surface area contributed by atoms with Gasteiger partial charge in [0.05, 0.1) is 10.6 Å². The van der Waals surface area contributed by atoms with Crippen LogP contribution in [0.5, 0.6) is 5.88 Å². The Labute approximate surface area is 118 Å². The van der Waals surface area contributed by atoms with Gasteiger partial charge >= 0.3 is 0 Å². The lowest BCUT2D eigenvalue weighted by atomic mass is 10.1. The van der Waals surface area contributed by atoms with Gasteiger partial charge in [0.15, 0.2) is 0 Å². The van der Waals surface area contributed by atoms with Crippen LogP contribution in [0.4, 0.5) is 5.69 Å². The number of benzene rings is 1. The quantitative estimate of drug-likeness (QED) is 0.581. The van der Waals surface area contributed by atoms with Crippen molar-refractivity contribution in [1.82, 2.24) is 19.7 Å². The monoisotopic (exact) mass is 283 g/mol. The summed E-state index contributed by atoms with van der Waals surface area (Å²) in [6.45, 7) is 0. The molecule has 0 radical (unpaired) electrons. The molecule has 0 atom stereocenters. The van der Waals surface area contributed by atoms with Crippen LogP contribution in [0.25, 0.3) is 17.2 Å². The van der Waals surface area contributed by atoms with E-state index < -0.39 is 4.92 Å². The fraction of sp³-hybridized carbons (Fsp3) is 0. The van der Waals surface area contributed by atoms with Crippen LogP contribution in [-0.2, 0) is 0 Å². The van der Waals surface area contributed by atoms with Crippen LogP contribution in [0.3, 0.4) is 0 Å². The molecule has 3 rings (SSSR count). The van der Waals surface area contributed by atoms with Gasteiger partial charge in [-0.05, 0) is 18.2 Å². The van der Waals surface area contributed by atoms with Gasteiger partial charge in [-0.1, -0.05) is 0 Å². The van der Waals surface area contributed by atoms with Gasteiger partial charge in [0.25, 0.3) is 11.6 Å². The van der Waals surface area contributed by atoms with E-state index in [9.17, 15) is 15.2 Å². The predicted octanol–water partition coefficient (Wildman–Crippen LogP) is 1.94. The number of aromatic hydroxyl groups is 1. The Morgan fingerprint density at radius 1 is 1.14 bits per heavy atom. The first-order valence-corrected chi connectivity index (χ1v) is 5.96. The molecule has 2 aromatic heterocycles. The Hall–Kier alpha value is -3.29. The number of hydrogen-bond donors (Lipinski definition) is 1. The number of nitro benzene ring substituents is 1. The third-order valence-electron chi connectivity index (χ3n) is 2.81. The maximum Gasteiger partial charge on any atom is 0.269 e. The highest BCUT2D eigenvalue weighted by molar-refractivity contribution is 5.62. The van der Waals surface area contributed by atoms with Crippen molar-refractivity contribution in [3.05, 3.63) is 58.9 Å². The van der Waals surface area contributed by atoms with Crippen LogP contribution in [0.2, 0.25) is 0 Å². The highest BCUT2D eigenvalue weighted by atomic mass is 16.6. The number of aromatic nitrogens is 4. The van der Waals surface area contributed by atoms with Crippen molar-refractivity contribution in [2.75, 3.05) is 0 Å². The molecule has 1 N–H and O–H groups in total. The lowest BCUT2D eigenvalue weighted by Gasteiger charge is -1.99. The number of non-ortho nitro benzene ring substituents is 1. The van der Waals surface area contributed by atoms with Crippen molar-refractivity contribution < 1.29 is 10.0 Å². The van der Waals surface area contributed by atoms with Gasteiger partial charge in [-0.3, -0.25) is 10.1 Å². The van der Waals surface area contributed by atoms with E-state index in [4.69, 9.17) is 0 Å². The average molecular weight is 283 g/mol. The van der Waals surface area contributed by atoms with Crippen LogP contribution >= 0.6 is 0 Å². The Balaban J connectivity index is 1.99. The molecular formula is C13H9N5O3. The normalized spacial score (nSPS) is 10.5. The number of nitrogens with zero attached hydrogens (tertiary/aromatic N) is 5. The van der Waals surface area contributed by atoms with E-state index in [0.29, 0.717) is 11.3 Å². The third-order valence-corrected chi connectivity index (χ3v) is 2.81. The Morgan fingerprint density at radius 2 is 1.81 bits per heavy atom. The summed E-state index contributed by atoms with van der Waals surface area (Å²) < 4.78 is 1.19. The first kappa shape index (κ1) is 12.7. The lowest BCUT2D eigenvalue weighted by molar-refractivity contribution is -0.384. The van der Waals surface area contributed by atoms with E-state index in [2.05, 4.69) is 15.1 Å². The standard InChI is InChI=1S/C13H9N5O3/c19-12-8-11(9-2-4-10(5-3-9)18(20)21)16-17(12)13-14-6-1-7-15-13/h1-8,19H. The van der Waals surface area contributed by atoms with Gasteiger partial charge in [0, 0.05) is 36.2 Å². The summed E-state index contributed by atoms with van der Waals surface area (Å²) in [5, 5.41) is 24.7. The molecular weight excluding hydrogens is 274 g/mol. The zero-order valence-electron chi connectivity index (χ0n) is 10.6. The van der Waals surface area contributed by atoms with Crippen molar-refractivity contribution in [2.45, 2.75) is 0 Å².